The first-order valence-electron chi connectivity index (χ1n) is 9.58. The molecular weight excluding hydrogens is 474 g/mol. The van der Waals surface area contributed by atoms with Gasteiger partial charge in [-0.05, 0) is 44.5 Å². The molecule has 0 aliphatic carbocycles. The smallest absolute Gasteiger partial charge is 0.355 e. The van der Waals surface area contributed by atoms with Gasteiger partial charge in [-0.15, -0.1) is 0 Å². The highest BCUT2D eigenvalue weighted by molar-refractivity contribution is 9.10. The number of amides is 1. The number of halogens is 1. The Bertz CT molecular complexity index is 1070. The second-order valence-corrected chi connectivity index (χ2v) is 9.85. The van der Waals surface area contributed by atoms with E-state index in [1.807, 2.05) is 0 Å². The predicted octanol–water partition coefficient (Wildman–Crippen LogP) is 2.72. The molecule has 0 bridgehead atoms. The van der Waals surface area contributed by atoms with Gasteiger partial charge < -0.3 is 14.6 Å². The molecule has 0 saturated carbocycles. The average molecular weight is 498 g/mol. The minimum absolute atomic E-state index is 0.202. The van der Waals surface area contributed by atoms with Crippen molar-refractivity contribution in [1.82, 2.24) is 14.2 Å². The maximum Gasteiger partial charge on any atom is 0.355 e. The van der Waals surface area contributed by atoms with Gasteiger partial charge in [0.05, 0.1) is 17.1 Å². The molecule has 10 heteroatoms. The van der Waals surface area contributed by atoms with Crippen LogP contribution < -0.4 is 0 Å². The Morgan fingerprint density at radius 3 is 2.43 bits per heavy atom. The van der Waals surface area contributed by atoms with Crippen LogP contribution in [0.5, 0.6) is 0 Å². The highest BCUT2D eigenvalue weighted by Crippen LogP contribution is 2.24. The number of piperazine rings is 1. The number of hydrogen-bond acceptors (Lipinski definition) is 5. The largest absolute Gasteiger partial charge is 0.461 e. The third-order valence-electron chi connectivity index (χ3n) is 5.09. The first-order chi connectivity index (χ1) is 14.2. The average Bonchev–Trinajstić information content (AvgIpc) is 3.02. The van der Waals surface area contributed by atoms with E-state index >= 15 is 0 Å². The molecule has 8 nitrogen and oxygen atoms in total. The Labute approximate surface area is 184 Å². The van der Waals surface area contributed by atoms with Gasteiger partial charge in [0, 0.05) is 36.3 Å². The third kappa shape index (κ3) is 4.30. The van der Waals surface area contributed by atoms with E-state index in [0.717, 1.165) is 0 Å². The Morgan fingerprint density at radius 1 is 1.17 bits per heavy atom. The molecule has 1 saturated heterocycles. The second-order valence-electron chi connectivity index (χ2n) is 7.00. The number of aromatic nitrogens is 1. The van der Waals surface area contributed by atoms with Crippen molar-refractivity contribution < 1.29 is 22.7 Å². The summed E-state index contributed by atoms with van der Waals surface area (Å²) in [5.74, 6) is -0.724. The summed E-state index contributed by atoms with van der Waals surface area (Å²) >= 11 is 3.30. The first kappa shape index (κ1) is 22.5. The van der Waals surface area contributed by atoms with Crippen LogP contribution in [0.2, 0.25) is 0 Å². The van der Waals surface area contributed by atoms with Gasteiger partial charge in [-0.3, -0.25) is 4.79 Å². The molecule has 1 amide bonds. The number of hydrogen-bond donors (Lipinski definition) is 1. The summed E-state index contributed by atoms with van der Waals surface area (Å²) in [4.78, 5) is 29.9. The Morgan fingerprint density at radius 2 is 1.83 bits per heavy atom. The molecule has 162 valence electrons. The number of carbonyl (C=O) groups excluding carboxylic acids is 2. The third-order valence-corrected chi connectivity index (χ3v) is 7.48. The van der Waals surface area contributed by atoms with Gasteiger partial charge in [0.2, 0.25) is 10.0 Å². The summed E-state index contributed by atoms with van der Waals surface area (Å²) in [6, 6.07) is 6.56. The Hall–Kier alpha value is -2.17. The summed E-state index contributed by atoms with van der Waals surface area (Å²) in [5, 5.41) is 0. The van der Waals surface area contributed by atoms with Crippen LogP contribution in [-0.4, -0.2) is 67.3 Å². The molecule has 0 atom stereocenters. The van der Waals surface area contributed by atoms with E-state index in [2.05, 4.69) is 20.9 Å². The van der Waals surface area contributed by atoms with Gasteiger partial charge in [-0.1, -0.05) is 22.0 Å². The van der Waals surface area contributed by atoms with Crippen LogP contribution >= 0.6 is 15.9 Å². The van der Waals surface area contributed by atoms with Crippen molar-refractivity contribution in [3.8, 4) is 0 Å². The Balaban J connectivity index is 1.74. The minimum Gasteiger partial charge on any atom is -0.461 e. The quantitative estimate of drug-likeness (QED) is 0.640. The van der Waals surface area contributed by atoms with Crippen molar-refractivity contribution in [1.29, 1.82) is 0 Å². The van der Waals surface area contributed by atoms with E-state index in [0.29, 0.717) is 21.3 Å². The van der Waals surface area contributed by atoms with Crippen LogP contribution in [0.4, 0.5) is 0 Å². The van der Waals surface area contributed by atoms with Gasteiger partial charge in [0.25, 0.3) is 5.91 Å². The number of carbonyl (C=O) groups is 2. The van der Waals surface area contributed by atoms with Crippen molar-refractivity contribution in [3.63, 3.8) is 0 Å². The number of esters is 1. The van der Waals surface area contributed by atoms with Gasteiger partial charge in [0.1, 0.15) is 5.69 Å². The molecule has 0 unspecified atom stereocenters. The topological polar surface area (TPSA) is 99.8 Å². The standard InChI is InChI=1S/C20H24BrN3O5S/c1-4-29-20(26)18-13(2)17(14(3)22-18)19(25)23-8-10-24(11-9-23)30(27,28)16-7-5-6-15(21)12-16/h5-7,12,22H,4,8-11H2,1-3H3. The molecule has 0 radical (unpaired) electrons. The van der Waals surface area contributed by atoms with E-state index in [4.69, 9.17) is 4.74 Å². The van der Waals surface area contributed by atoms with Crippen molar-refractivity contribution in [2.45, 2.75) is 25.7 Å². The van der Waals surface area contributed by atoms with E-state index in [1.54, 1.807) is 49.9 Å². The van der Waals surface area contributed by atoms with Crippen LogP contribution in [0.1, 0.15) is 39.0 Å². The molecule has 1 aliphatic heterocycles. The van der Waals surface area contributed by atoms with Gasteiger partial charge in [0.15, 0.2) is 0 Å². The first-order valence-corrected chi connectivity index (χ1v) is 11.8. The number of H-pyrrole nitrogens is 1. The van der Waals surface area contributed by atoms with Gasteiger partial charge in [-0.2, -0.15) is 4.31 Å². The fourth-order valence-electron chi connectivity index (χ4n) is 3.54. The zero-order chi connectivity index (χ0) is 22.1. The van der Waals surface area contributed by atoms with Crippen molar-refractivity contribution in [2.75, 3.05) is 32.8 Å². The lowest BCUT2D eigenvalue weighted by Crippen LogP contribution is -2.50. The van der Waals surface area contributed by atoms with E-state index in [-0.39, 0.29) is 49.3 Å². The monoisotopic (exact) mass is 497 g/mol. The van der Waals surface area contributed by atoms with E-state index in [1.165, 1.54) is 4.31 Å². The summed E-state index contributed by atoms with van der Waals surface area (Å²) < 4.78 is 32.9. The molecule has 0 spiro atoms. The van der Waals surface area contributed by atoms with Crippen molar-refractivity contribution in [3.05, 3.63) is 51.3 Å². The summed E-state index contributed by atoms with van der Waals surface area (Å²) in [5.41, 5.74) is 1.83. The number of aryl methyl sites for hydroxylation is 1. The molecule has 2 aromatic rings. The number of sulfonamides is 1. The molecule has 30 heavy (non-hydrogen) atoms. The van der Waals surface area contributed by atoms with Crippen molar-refractivity contribution in [2.24, 2.45) is 0 Å². The molecule has 2 heterocycles. The van der Waals surface area contributed by atoms with E-state index < -0.39 is 16.0 Å². The lowest BCUT2D eigenvalue weighted by Gasteiger charge is -2.34. The summed E-state index contributed by atoms with van der Waals surface area (Å²) in [6.07, 6.45) is 0. The maximum atomic E-state index is 13.1. The van der Waals surface area contributed by atoms with Gasteiger partial charge in [-0.25, -0.2) is 13.2 Å². The number of nitrogens with one attached hydrogen (secondary N) is 1. The lowest BCUT2D eigenvalue weighted by atomic mass is 10.1. The normalized spacial score (nSPS) is 15.3. The Kier molecular flexibility index (Phi) is 6.68. The number of ether oxygens (including phenoxy) is 1. The fraction of sp³-hybridized carbons (Fsp3) is 0.400. The zero-order valence-corrected chi connectivity index (χ0v) is 19.5. The molecule has 1 fully saturated rings. The predicted molar refractivity (Wildman–Crippen MR) is 115 cm³/mol. The number of rotatable bonds is 5. The van der Waals surface area contributed by atoms with Crippen LogP contribution in [0.3, 0.4) is 0 Å². The molecule has 1 aromatic carbocycles. The van der Waals surface area contributed by atoms with E-state index in [9.17, 15) is 18.0 Å². The van der Waals surface area contributed by atoms with Crippen molar-refractivity contribution >= 4 is 37.8 Å². The fourth-order valence-corrected chi connectivity index (χ4v) is 5.56. The maximum absolute atomic E-state index is 13.1. The molecule has 1 aliphatic rings. The second kappa shape index (κ2) is 8.91. The SMILES string of the molecule is CCOC(=O)c1[nH]c(C)c(C(=O)N2CCN(S(=O)(=O)c3cccc(Br)c3)CC2)c1C. The number of benzene rings is 1. The summed E-state index contributed by atoms with van der Waals surface area (Å²) in [6.45, 7) is 6.34. The zero-order valence-electron chi connectivity index (χ0n) is 17.1. The van der Waals surface area contributed by atoms with Crippen LogP contribution in [0.25, 0.3) is 0 Å². The molecule has 1 aromatic heterocycles. The number of aromatic amines is 1. The van der Waals surface area contributed by atoms with Crippen LogP contribution in [0, 0.1) is 13.8 Å². The van der Waals surface area contributed by atoms with Crippen LogP contribution in [0.15, 0.2) is 33.6 Å². The minimum atomic E-state index is -3.63. The highest BCUT2D eigenvalue weighted by atomic mass is 79.9. The highest BCUT2D eigenvalue weighted by Gasteiger charge is 2.32. The number of nitrogens with zero attached hydrogens (tertiary/aromatic N) is 2. The van der Waals surface area contributed by atoms with Gasteiger partial charge >= 0.3 is 5.97 Å². The lowest BCUT2D eigenvalue weighted by molar-refractivity contribution is 0.0519. The summed E-state index contributed by atoms with van der Waals surface area (Å²) in [7, 11) is -3.63. The molecule has 1 N–H and O–H groups in total. The van der Waals surface area contributed by atoms with Crippen LogP contribution in [-0.2, 0) is 14.8 Å². The molecule has 3 rings (SSSR count). The molecular formula is C20H24BrN3O5S.